The Balaban J connectivity index is 2.40. The van der Waals surface area contributed by atoms with Crippen molar-refractivity contribution in [1.82, 2.24) is 0 Å². The van der Waals surface area contributed by atoms with Crippen molar-refractivity contribution in [3.8, 4) is 23.0 Å². The Kier molecular flexibility index (Phi) is 7.05. The van der Waals surface area contributed by atoms with E-state index in [0.29, 0.717) is 5.02 Å². The maximum absolute atomic E-state index is 12.8. The molecule has 0 heterocycles. The molecule has 0 fully saturated rings. The molecule has 0 bridgehead atoms. The number of fused-ring (bicyclic) bond motifs is 1. The van der Waals surface area contributed by atoms with Gasteiger partial charge in [-0.1, -0.05) is 47.7 Å². The highest BCUT2D eigenvalue weighted by Gasteiger charge is 2.29. The van der Waals surface area contributed by atoms with Crippen LogP contribution >= 0.6 is 11.6 Å². The molecule has 3 rings (SSSR count). The van der Waals surface area contributed by atoms with Crippen LogP contribution in [-0.4, -0.2) is 22.1 Å². The summed E-state index contributed by atoms with van der Waals surface area (Å²) in [6, 6.07) is 15.7. The summed E-state index contributed by atoms with van der Waals surface area (Å²) in [6.07, 6.45) is -0.716. The Hall–Kier alpha value is -2.64. The van der Waals surface area contributed by atoms with Crippen LogP contribution in [0.2, 0.25) is 5.02 Å². The van der Waals surface area contributed by atoms with Crippen molar-refractivity contribution < 1.29 is 14.6 Å². The fourth-order valence-electron chi connectivity index (χ4n) is 3.82. The summed E-state index contributed by atoms with van der Waals surface area (Å²) in [4.78, 5) is 12.8. The summed E-state index contributed by atoms with van der Waals surface area (Å²) in [6.45, 7) is 12.7. The van der Waals surface area contributed by atoms with Crippen molar-refractivity contribution >= 4 is 28.2 Å². The highest BCUT2D eigenvalue weighted by Crippen LogP contribution is 2.41. The highest BCUT2D eigenvalue weighted by atomic mass is 35.5. The van der Waals surface area contributed by atoms with Crippen LogP contribution < -0.4 is 0 Å². The fourth-order valence-corrected chi connectivity index (χ4v) is 3.94. The number of carbonyl (C=O) groups is 1. The van der Waals surface area contributed by atoms with Crippen molar-refractivity contribution in [2.75, 3.05) is 0 Å². The molecule has 3 nitrogen and oxygen atoms in total. The molecule has 0 amide bonds. The molecule has 3 aromatic rings. The quantitative estimate of drug-likeness (QED) is 0.423. The van der Waals surface area contributed by atoms with Gasteiger partial charge in [-0.3, -0.25) is 4.79 Å². The fraction of sp³-hybridized carbons (Fsp3) is 0.345. The van der Waals surface area contributed by atoms with Crippen LogP contribution in [-0.2, 0) is 9.53 Å². The van der Waals surface area contributed by atoms with Crippen LogP contribution in [0.1, 0.15) is 64.3 Å². The standard InChI is InChI=1S/C29H31ClO3/c1-18-16-22-9-8-20(14-15-29(6,7)32)17-24(22)26(21-10-12-23(30)13-11-21)25(18)27(19(2)31)33-28(3,4)5/h8-13,16-17,27,32H,1-7H3/t27-/m1/s1. The van der Waals surface area contributed by atoms with Crippen LogP contribution in [0.15, 0.2) is 48.5 Å². The van der Waals surface area contributed by atoms with E-state index >= 15 is 0 Å². The molecular weight excluding hydrogens is 432 g/mol. The highest BCUT2D eigenvalue weighted by molar-refractivity contribution is 6.30. The zero-order chi connectivity index (χ0) is 24.6. The zero-order valence-electron chi connectivity index (χ0n) is 20.3. The number of ketones is 1. The summed E-state index contributed by atoms with van der Waals surface area (Å²) in [5.41, 5.74) is 2.89. The van der Waals surface area contributed by atoms with Crippen LogP contribution in [0.5, 0.6) is 0 Å². The molecule has 0 saturated heterocycles. The minimum atomic E-state index is -1.09. The molecule has 3 aromatic carbocycles. The van der Waals surface area contributed by atoms with E-state index in [2.05, 4.69) is 17.9 Å². The number of hydrogen-bond donors (Lipinski definition) is 1. The van der Waals surface area contributed by atoms with Crippen molar-refractivity contribution in [2.24, 2.45) is 0 Å². The third kappa shape index (κ3) is 6.24. The molecule has 1 atom stereocenters. The van der Waals surface area contributed by atoms with Crippen LogP contribution in [0, 0.1) is 18.8 Å². The van der Waals surface area contributed by atoms with E-state index < -0.39 is 17.3 Å². The van der Waals surface area contributed by atoms with E-state index in [1.54, 1.807) is 20.8 Å². The van der Waals surface area contributed by atoms with Gasteiger partial charge in [-0.05, 0) is 106 Å². The minimum Gasteiger partial charge on any atom is -0.378 e. The van der Waals surface area contributed by atoms with Crippen molar-refractivity contribution in [1.29, 1.82) is 0 Å². The monoisotopic (exact) mass is 462 g/mol. The van der Waals surface area contributed by atoms with Gasteiger partial charge in [-0.2, -0.15) is 0 Å². The van der Waals surface area contributed by atoms with Crippen LogP contribution in [0.3, 0.4) is 0 Å². The van der Waals surface area contributed by atoms with Gasteiger partial charge in [0.05, 0.1) is 5.60 Å². The van der Waals surface area contributed by atoms with E-state index in [4.69, 9.17) is 16.3 Å². The first kappa shape index (κ1) is 25.0. The molecular formula is C29H31ClO3. The van der Waals surface area contributed by atoms with E-state index in [-0.39, 0.29) is 5.78 Å². The van der Waals surface area contributed by atoms with Gasteiger partial charge in [0, 0.05) is 10.6 Å². The van der Waals surface area contributed by atoms with Gasteiger partial charge in [-0.15, -0.1) is 0 Å². The van der Waals surface area contributed by atoms with E-state index in [1.165, 1.54) is 0 Å². The molecule has 0 unspecified atom stereocenters. The molecule has 0 spiro atoms. The lowest BCUT2D eigenvalue weighted by atomic mass is 9.85. The summed E-state index contributed by atoms with van der Waals surface area (Å²) in [7, 11) is 0. The lowest BCUT2D eigenvalue weighted by Gasteiger charge is -2.29. The topological polar surface area (TPSA) is 46.5 Å². The number of aryl methyl sites for hydroxylation is 1. The van der Waals surface area contributed by atoms with E-state index in [1.807, 2.05) is 70.2 Å². The lowest BCUT2D eigenvalue weighted by molar-refractivity contribution is -0.138. The molecule has 33 heavy (non-hydrogen) atoms. The van der Waals surface area contributed by atoms with Crippen molar-refractivity contribution in [3.05, 3.63) is 70.2 Å². The number of halogens is 1. The molecule has 0 saturated carbocycles. The first-order chi connectivity index (χ1) is 15.2. The van der Waals surface area contributed by atoms with Crippen molar-refractivity contribution in [2.45, 2.75) is 65.8 Å². The van der Waals surface area contributed by atoms with Crippen LogP contribution in [0.4, 0.5) is 0 Å². The van der Waals surface area contributed by atoms with Gasteiger partial charge in [-0.25, -0.2) is 0 Å². The number of ether oxygens (including phenoxy) is 1. The van der Waals surface area contributed by atoms with E-state index in [9.17, 15) is 9.90 Å². The summed E-state index contributed by atoms with van der Waals surface area (Å²) < 4.78 is 6.29. The van der Waals surface area contributed by atoms with Gasteiger partial charge in [0.15, 0.2) is 5.78 Å². The first-order valence-electron chi connectivity index (χ1n) is 11.0. The molecule has 0 aliphatic rings. The van der Waals surface area contributed by atoms with Gasteiger partial charge in [0.25, 0.3) is 0 Å². The van der Waals surface area contributed by atoms with Gasteiger partial charge < -0.3 is 9.84 Å². The Labute approximate surface area is 201 Å². The lowest BCUT2D eigenvalue weighted by Crippen LogP contribution is -2.27. The third-order valence-electron chi connectivity index (χ3n) is 5.14. The number of Topliss-reactive ketones (excluding diaryl/α,β-unsaturated/α-hetero) is 1. The normalized spacial score (nSPS) is 12.9. The molecule has 172 valence electrons. The molecule has 0 radical (unpaired) electrons. The largest absolute Gasteiger partial charge is 0.378 e. The van der Waals surface area contributed by atoms with Gasteiger partial charge >= 0.3 is 0 Å². The first-order valence-corrected chi connectivity index (χ1v) is 11.4. The molecule has 0 aliphatic heterocycles. The predicted octanol–water partition coefficient (Wildman–Crippen LogP) is 7.04. The zero-order valence-corrected chi connectivity index (χ0v) is 21.1. The Morgan fingerprint density at radius 2 is 1.67 bits per heavy atom. The Bertz CT molecular complexity index is 1250. The molecule has 0 aromatic heterocycles. The van der Waals surface area contributed by atoms with Gasteiger partial charge in [0.1, 0.15) is 11.7 Å². The average Bonchev–Trinajstić information content (AvgIpc) is 2.69. The maximum atomic E-state index is 12.8. The third-order valence-corrected chi connectivity index (χ3v) is 5.39. The smallest absolute Gasteiger partial charge is 0.163 e. The second-order valence-electron chi connectivity index (χ2n) is 9.95. The Morgan fingerprint density at radius 3 is 2.21 bits per heavy atom. The number of rotatable bonds is 4. The summed E-state index contributed by atoms with van der Waals surface area (Å²) >= 11 is 6.18. The maximum Gasteiger partial charge on any atom is 0.163 e. The number of benzene rings is 3. The van der Waals surface area contributed by atoms with Gasteiger partial charge in [0.2, 0.25) is 0 Å². The summed E-state index contributed by atoms with van der Waals surface area (Å²) in [5.74, 6) is 5.89. The van der Waals surface area contributed by atoms with E-state index in [0.717, 1.165) is 38.6 Å². The second-order valence-corrected chi connectivity index (χ2v) is 10.4. The molecule has 0 aliphatic carbocycles. The summed E-state index contributed by atoms with van der Waals surface area (Å²) in [5, 5.41) is 12.7. The Morgan fingerprint density at radius 1 is 1.03 bits per heavy atom. The number of hydrogen-bond acceptors (Lipinski definition) is 3. The molecule has 4 heteroatoms. The number of carbonyl (C=O) groups excluding carboxylic acids is 1. The number of aliphatic hydroxyl groups is 1. The SMILES string of the molecule is CC(=O)[C@@H](OC(C)(C)C)c1c(C)cc2ccc(C#CC(C)(C)O)cc2c1-c1ccc(Cl)cc1. The predicted molar refractivity (Wildman–Crippen MR) is 137 cm³/mol. The molecule has 1 N–H and O–H groups in total. The minimum absolute atomic E-state index is 0.0550. The second kappa shape index (κ2) is 9.31. The van der Waals surface area contributed by atoms with Crippen LogP contribution in [0.25, 0.3) is 21.9 Å². The average molecular weight is 463 g/mol. The van der Waals surface area contributed by atoms with Crippen molar-refractivity contribution in [3.63, 3.8) is 0 Å².